The molecule has 0 aromatic heterocycles. The Morgan fingerprint density at radius 3 is 2.30 bits per heavy atom. The normalized spacial score (nSPS) is 15.6. The van der Waals surface area contributed by atoms with Crippen LogP contribution in [0.5, 0.6) is 5.75 Å². The Hall–Kier alpha value is -2.81. The third-order valence-corrected chi connectivity index (χ3v) is 6.40. The van der Waals surface area contributed by atoms with Gasteiger partial charge in [-0.25, -0.2) is 12.8 Å². The number of amides is 1. The predicted octanol–water partition coefficient (Wildman–Crippen LogP) is 2.34. The molecule has 1 atom stereocenters. The van der Waals surface area contributed by atoms with Crippen molar-refractivity contribution in [3.8, 4) is 5.75 Å². The van der Waals surface area contributed by atoms with Crippen LogP contribution in [0.3, 0.4) is 0 Å². The summed E-state index contributed by atoms with van der Waals surface area (Å²) in [5.74, 6) is -0.0458. The number of halogens is 1. The van der Waals surface area contributed by atoms with Gasteiger partial charge in [0.1, 0.15) is 17.6 Å². The molecule has 1 aliphatic heterocycles. The lowest BCUT2D eigenvalue weighted by molar-refractivity contribution is -0.132. The van der Waals surface area contributed by atoms with Gasteiger partial charge in [-0.2, -0.15) is 0 Å². The standard InChI is InChI=1S/C21H26FN3O4S/c1-16(25(30(3,27)28)19-5-4-6-20(15-19)29-2)21(26)24-13-11-23(12-14-24)18-9-7-17(22)8-10-18/h4-10,15-16H,11-14H2,1-3H3. The minimum Gasteiger partial charge on any atom is -0.497 e. The lowest BCUT2D eigenvalue weighted by atomic mass is 10.2. The molecule has 1 aliphatic rings. The summed E-state index contributed by atoms with van der Waals surface area (Å²) < 4.78 is 44.5. The van der Waals surface area contributed by atoms with Crippen LogP contribution in [0, 0.1) is 5.82 Å². The van der Waals surface area contributed by atoms with E-state index in [-0.39, 0.29) is 11.7 Å². The molecule has 1 heterocycles. The molecule has 9 heteroatoms. The molecule has 0 N–H and O–H groups in total. The highest BCUT2D eigenvalue weighted by molar-refractivity contribution is 7.92. The molecular formula is C21H26FN3O4S. The number of piperazine rings is 1. The zero-order chi connectivity index (χ0) is 21.9. The molecule has 162 valence electrons. The Morgan fingerprint density at radius 2 is 1.73 bits per heavy atom. The van der Waals surface area contributed by atoms with Crippen molar-refractivity contribution < 1.29 is 22.3 Å². The number of sulfonamides is 1. The van der Waals surface area contributed by atoms with Crippen LogP contribution in [0.2, 0.25) is 0 Å². The van der Waals surface area contributed by atoms with Crippen LogP contribution < -0.4 is 13.9 Å². The summed E-state index contributed by atoms with van der Waals surface area (Å²) in [6.45, 7) is 3.67. The van der Waals surface area contributed by atoms with Gasteiger partial charge in [-0.15, -0.1) is 0 Å². The second-order valence-corrected chi connectivity index (χ2v) is 9.08. The van der Waals surface area contributed by atoms with Crippen LogP contribution >= 0.6 is 0 Å². The first kappa shape index (κ1) is 21.9. The van der Waals surface area contributed by atoms with E-state index in [1.165, 1.54) is 19.2 Å². The monoisotopic (exact) mass is 435 g/mol. The fraction of sp³-hybridized carbons (Fsp3) is 0.381. The maximum Gasteiger partial charge on any atom is 0.246 e. The van der Waals surface area contributed by atoms with Crippen molar-refractivity contribution >= 4 is 27.3 Å². The van der Waals surface area contributed by atoms with Gasteiger partial charge in [0.25, 0.3) is 0 Å². The van der Waals surface area contributed by atoms with Crippen LogP contribution in [0.25, 0.3) is 0 Å². The first-order chi connectivity index (χ1) is 14.2. The van der Waals surface area contributed by atoms with E-state index < -0.39 is 16.1 Å². The van der Waals surface area contributed by atoms with E-state index >= 15 is 0 Å². The Labute approximate surface area is 176 Å². The van der Waals surface area contributed by atoms with E-state index in [0.717, 1.165) is 16.2 Å². The van der Waals surface area contributed by atoms with Crippen molar-refractivity contribution in [2.24, 2.45) is 0 Å². The van der Waals surface area contributed by atoms with Gasteiger partial charge in [-0.1, -0.05) is 6.07 Å². The molecule has 0 spiro atoms. The second-order valence-electron chi connectivity index (χ2n) is 7.23. The van der Waals surface area contributed by atoms with Crippen molar-refractivity contribution in [3.63, 3.8) is 0 Å². The Kier molecular flexibility index (Phi) is 6.50. The van der Waals surface area contributed by atoms with Gasteiger partial charge in [0, 0.05) is 37.9 Å². The first-order valence-electron chi connectivity index (χ1n) is 9.63. The van der Waals surface area contributed by atoms with E-state index in [2.05, 4.69) is 4.90 Å². The molecule has 0 bridgehead atoms. The Morgan fingerprint density at radius 1 is 1.10 bits per heavy atom. The van der Waals surface area contributed by atoms with E-state index in [9.17, 15) is 17.6 Å². The number of hydrogen-bond donors (Lipinski definition) is 0. The number of methoxy groups -OCH3 is 1. The zero-order valence-electron chi connectivity index (χ0n) is 17.3. The Bertz CT molecular complexity index is 990. The number of rotatable bonds is 6. The number of carbonyl (C=O) groups excluding carboxylic acids is 1. The summed E-state index contributed by atoms with van der Waals surface area (Å²) in [5.41, 5.74) is 1.27. The van der Waals surface area contributed by atoms with E-state index in [1.54, 1.807) is 48.2 Å². The van der Waals surface area contributed by atoms with Gasteiger partial charge in [0.15, 0.2) is 0 Å². The third kappa shape index (κ3) is 4.84. The molecule has 1 amide bonds. The molecule has 1 saturated heterocycles. The average Bonchev–Trinajstić information content (AvgIpc) is 2.73. The topological polar surface area (TPSA) is 70.2 Å². The molecule has 0 radical (unpaired) electrons. The summed E-state index contributed by atoms with van der Waals surface area (Å²) >= 11 is 0. The third-order valence-electron chi connectivity index (χ3n) is 5.16. The summed E-state index contributed by atoms with van der Waals surface area (Å²) in [4.78, 5) is 16.9. The first-order valence-corrected chi connectivity index (χ1v) is 11.5. The van der Waals surface area contributed by atoms with Crippen molar-refractivity contribution in [2.75, 3.05) is 48.7 Å². The van der Waals surface area contributed by atoms with Crippen molar-refractivity contribution in [1.82, 2.24) is 4.90 Å². The molecule has 1 fully saturated rings. The van der Waals surface area contributed by atoms with Crippen molar-refractivity contribution in [3.05, 3.63) is 54.3 Å². The summed E-state index contributed by atoms with van der Waals surface area (Å²) in [6, 6.07) is 12.0. The van der Waals surface area contributed by atoms with E-state index in [4.69, 9.17) is 4.74 Å². The fourth-order valence-electron chi connectivity index (χ4n) is 3.65. The van der Waals surface area contributed by atoms with Gasteiger partial charge in [0.05, 0.1) is 19.1 Å². The summed E-state index contributed by atoms with van der Waals surface area (Å²) in [7, 11) is -2.20. The number of hydrogen-bond acceptors (Lipinski definition) is 5. The van der Waals surface area contributed by atoms with E-state index in [0.29, 0.717) is 37.6 Å². The largest absolute Gasteiger partial charge is 0.497 e. The maximum atomic E-state index is 13.1. The second kappa shape index (κ2) is 8.91. The van der Waals surface area contributed by atoms with Crippen LogP contribution in [-0.2, 0) is 14.8 Å². The van der Waals surface area contributed by atoms with Crippen LogP contribution in [0.1, 0.15) is 6.92 Å². The molecule has 0 saturated carbocycles. The minimum atomic E-state index is -3.70. The molecule has 0 aliphatic carbocycles. The summed E-state index contributed by atoms with van der Waals surface area (Å²) in [5, 5.41) is 0. The van der Waals surface area contributed by atoms with Crippen molar-refractivity contribution in [1.29, 1.82) is 0 Å². The van der Waals surface area contributed by atoms with E-state index in [1.807, 2.05) is 0 Å². The van der Waals surface area contributed by atoms with Gasteiger partial charge >= 0.3 is 0 Å². The van der Waals surface area contributed by atoms with Gasteiger partial charge in [0.2, 0.25) is 15.9 Å². The molecule has 1 unspecified atom stereocenters. The highest BCUT2D eigenvalue weighted by Gasteiger charge is 2.33. The number of benzene rings is 2. The number of anilines is 2. The zero-order valence-corrected chi connectivity index (χ0v) is 18.1. The van der Waals surface area contributed by atoms with Gasteiger partial charge < -0.3 is 14.5 Å². The SMILES string of the molecule is COc1cccc(N(C(C)C(=O)N2CCN(c3ccc(F)cc3)CC2)S(C)(=O)=O)c1. The molecule has 30 heavy (non-hydrogen) atoms. The summed E-state index contributed by atoms with van der Waals surface area (Å²) in [6.07, 6.45) is 1.09. The van der Waals surface area contributed by atoms with Gasteiger partial charge in [-0.3, -0.25) is 9.10 Å². The van der Waals surface area contributed by atoms with Gasteiger partial charge in [-0.05, 0) is 43.3 Å². The highest BCUT2D eigenvalue weighted by atomic mass is 32.2. The minimum absolute atomic E-state index is 0.262. The maximum absolute atomic E-state index is 13.1. The fourth-order valence-corrected chi connectivity index (χ4v) is 4.81. The molecular weight excluding hydrogens is 409 g/mol. The highest BCUT2D eigenvalue weighted by Crippen LogP contribution is 2.26. The van der Waals surface area contributed by atoms with Crippen molar-refractivity contribution in [2.45, 2.75) is 13.0 Å². The number of ether oxygens (including phenoxy) is 1. The lowest BCUT2D eigenvalue weighted by Crippen LogP contribution is -2.55. The number of nitrogens with zero attached hydrogens (tertiary/aromatic N) is 3. The smallest absolute Gasteiger partial charge is 0.246 e. The molecule has 3 rings (SSSR count). The number of carbonyl (C=O) groups is 1. The Balaban J connectivity index is 1.73. The van der Waals surface area contributed by atoms with Crippen LogP contribution in [0.15, 0.2) is 48.5 Å². The lowest BCUT2D eigenvalue weighted by Gasteiger charge is -2.39. The van der Waals surface area contributed by atoms with Crippen LogP contribution in [-0.4, -0.2) is 64.8 Å². The molecule has 2 aromatic carbocycles. The predicted molar refractivity (Wildman–Crippen MR) is 115 cm³/mol. The van der Waals surface area contributed by atoms with Crippen LogP contribution in [0.4, 0.5) is 15.8 Å². The average molecular weight is 436 g/mol. The quantitative estimate of drug-likeness (QED) is 0.697. The molecule has 2 aromatic rings. The molecule has 7 nitrogen and oxygen atoms in total.